The van der Waals surface area contributed by atoms with Gasteiger partial charge in [0.25, 0.3) is 0 Å². The highest BCUT2D eigenvalue weighted by Crippen LogP contribution is 2.34. The van der Waals surface area contributed by atoms with Gasteiger partial charge in [0.05, 0.1) is 9.79 Å². The van der Waals surface area contributed by atoms with Crippen LogP contribution >= 0.6 is 0 Å². The van der Waals surface area contributed by atoms with Crippen molar-refractivity contribution >= 4 is 15.6 Å². The minimum Gasteiger partial charge on any atom is -0.289 e. The fourth-order valence-electron chi connectivity index (χ4n) is 4.11. The molecule has 4 heteroatoms. The molecule has 0 radical (unpaired) electrons. The Morgan fingerprint density at radius 2 is 1.28 bits per heavy atom. The molecule has 1 aliphatic heterocycles. The normalized spacial score (nSPS) is 14.4. The van der Waals surface area contributed by atoms with Crippen molar-refractivity contribution in [2.24, 2.45) is 0 Å². The van der Waals surface area contributed by atoms with Crippen molar-refractivity contribution in [3.05, 3.63) is 59.2 Å². The second kappa shape index (κ2) is 10.2. The van der Waals surface area contributed by atoms with E-state index < -0.39 is 9.84 Å². The van der Waals surface area contributed by atoms with E-state index in [-0.39, 0.29) is 21.1 Å². The van der Waals surface area contributed by atoms with Crippen LogP contribution in [0.25, 0.3) is 0 Å². The van der Waals surface area contributed by atoms with Gasteiger partial charge >= 0.3 is 0 Å². The quantitative estimate of drug-likeness (QED) is 0.337. The van der Waals surface area contributed by atoms with E-state index in [1.165, 1.54) is 63.9 Å². The van der Waals surface area contributed by atoms with Gasteiger partial charge in [0.1, 0.15) is 0 Å². The van der Waals surface area contributed by atoms with Gasteiger partial charge in [-0.05, 0) is 42.7 Å². The Morgan fingerprint density at radius 1 is 0.690 bits per heavy atom. The van der Waals surface area contributed by atoms with Crippen LogP contribution in [0, 0.1) is 0 Å². The van der Waals surface area contributed by atoms with Crippen LogP contribution in [0.4, 0.5) is 0 Å². The summed E-state index contributed by atoms with van der Waals surface area (Å²) in [5.74, 6) is -0.185. The first kappa shape index (κ1) is 21.8. The Labute approximate surface area is 175 Å². The largest absolute Gasteiger partial charge is 0.289 e. The molecule has 156 valence electrons. The van der Waals surface area contributed by atoms with Crippen molar-refractivity contribution in [2.45, 2.75) is 87.3 Å². The summed E-state index contributed by atoms with van der Waals surface area (Å²) in [5, 5.41) is 0. The van der Waals surface area contributed by atoms with Crippen molar-refractivity contribution in [1.82, 2.24) is 0 Å². The number of carbonyl (C=O) groups excluding carboxylic acids is 1. The van der Waals surface area contributed by atoms with Crippen LogP contribution < -0.4 is 0 Å². The number of sulfone groups is 1. The standard InChI is InChI=1S/C25H32O3S/c1-2-3-4-5-6-7-8-9-10-11-14-20-17-18-24-22(19-20)25(26)21-15-12-13-16-23(21)29(24,27)28/h12-13,15-19H,2-11,14H2,1H3. The highest BCUT2D eigenvalue weighted by molar-refractivity contribution is 7.91. The molecule has 2 aromatic carbocycles. The number of rotatable bonds is 11. The van der Waals surface area contributed by atoms with E-state index in [4.69, 9.17) is 0 Å². The van der Waals surface area contributed by atoms with Crippen LogP contribution in [-0.2, 0) is 16.3 Å². The molecule has 0 aromatic heterocycles. The summed E-state index contributed by atoms with van der Waals surface area (Å²) in [4.78, 5) is 13.1. The third-order valence-corrected chi connectivity index (χ3v) is 7.69. The first-order chi connectivity index (χ1) is 14.1. The number of benzene rings is 2. The van der Waals surface area contributed by atoms with Crippen LogP contribution in [-0.4, -0.2) is 14.2 Å². The highest BCUT2D eigenvalue weighted by atomic mass is 32.2. The minimum atomic E-state index is -3.62. The molecule has 2 aromatic rings. The Kier molecular flexibility index (Phi) is 7.65. The van der Waals surface area contributed by atoms with Gasteiger partial charge in [0.15, 0.2) is 5.78 Å². The Morgan fingerprint density at radius 3 is 1.97 bits per heavy atom. The van der Waals surface area contributed by atoms with Gasteiger partial charge in [0, 0.05) is 11.1 Å². The lowest BCUT2D eigenvalue weighted by molar-refractivity contribution is 0.103. The molecular formula is C25H32O3S. The lowest BCUT2D eigenvalue weighted by Gasteiger charge is -2.19. The fourth-order valence-corrected chi connectivity index (χ4v) is 5.75. The summed E-state index contributed by atoms with van der Waals surface area (Å²) in [6, 6.07) is 11.8. The van der Waals surface area contributed by atoms with Crippen LogP contribution in [0.3, 0.4) is 0 Å². The van der Waals surface area contributed by atoms with Gasteiger partial charge in [-0.3, -0.25) is 4.79 Å². The van der Waals surface area contributed by atoms with E-state index in [2.05, 4.69) is 6.92 Å². The molecule has 0 atom stereocenters. The molecule has 0 spiro atoms. The number of hydrogen-bond donors (Lipinski definition) is 0. The second-order valence-corrected chi connectivity index (χ2v) is 9.98. The molecule has 3 nitrogen and oxygen atoms in total. The zero-order valence-corrected chi connectivity index (χ0v) is 18.3. The van der Waals surface area contributed by atoms with Gasteiger partial charge in [0.2, 0.25) is 9.84 Å². The number of fused-ring (bicyclic) bond motifs is 2. The van der Waals surface area contributed by atoms with Gasteiger partial charge < -0.3 is 0 Å². The summed E-state index contributed by atoms with van der Waals surface area (Å²) < 4.78 is 25.7. The second-order valence-electron chi connectivity index (χ2n) is 8.09. The summed E-state index contributed by atoms with van der Waals surface area (Å²) in [6.07, 6.45) is 13.8. The molecule has 0 saturated carbocycles. The summed E-state index contributed by atoms with van der Waals surface area (Å²) >= 11 is 0. The number of hydrogen-bond acceptors (Lipinski definition) is 3. The average Bonchev–Trinajstić information content (AvgIpc) is 2.73. The van der Waals surface area contributed by atoms with Crippen molar-refractivity contribution < 1.29 is 13.2 Å². The number of aryl methyl sites for hydroxylation is 1. The molecule has 0 unspecified atom stereocenters. The SMILES string of the molecule is CCCCCCCCCCCCc1ccc2c(c1)C(=O)c1ccccc1S2(=O)=O. The van der Waals surface area contributed by atoms with E-state index in [1.807, 2.05) is 6.07 Å². The Hall–Kier alpha value is -1.94. The first-order valence-electron chi connectivity index (χ1n) is 11.1. The molecular weight excluding hydrogens is 380 g/mol. The maximum atomic E-state index is 12.8. The third-order valence-electron chi connectivity index (χ3n) is 5.82. The molecule has 1 heterocycles. The summed E-state index contributed by atoms with van der Waals surface area (Å²) in [5.41, 5.74) is 1.66. The smallest absolute Gasteiger partial charge is 0.208 e. The van der Waals surface area contributed by atoms with Gasteiger partial charge in [-0.2, -0.15) is 0 Å². The van der Waals surface area contributed by atoms with Crippen LogP contribution in [0.5, 0.6) is 0 Å². The summed E-state index contributed by atoms with van der Waals surface area (Å²) in [6.45, 7) is 2.25. The molecule has 29 heavy (non-hydrogen) atoms. The topological polar surface area (TPSA) is 51.2 Å². The predicted octanol–water partition coefficient (Wildman–Crippen LogP) is 6.53. The van der Waals surface area contributed by atoms with Gasteiger partial charge in [-0.25, -0.2) is 8.42 Å². The lowest BCUT2D eigenvalue weighted by Crippen LogP contribution is -2.20. The fraction of sp³-hybridized carbons (Fsp3) is 0.480. The predicted molar refractivity (Wildman–Crippen MR) is 117 cm³/mol. The van der Waals surface area contributed by atoms with Crippen LogP contribution in [0.2, 0.25) is 0 Å². The Bertz CT molecular complexity index is 944. The van der Waals surface area contributed by atoms with Crippen LogP contribution in [0.15, 0.2) is 52.3 Å². The molecule has 1 aliphatic rings. The molecule has 0 aliphatic carbocycles. The molecule has 0 saturated heterocycles. The molecule has 3 rings (SSSR count). The maximum absolute atomic E-state index is 12.8. The van der Waals surface area contributed by atoms with Crippen LogP contribution in [0.1, 0.15) is 92.6 Å². The lowest BCUT2D eigenvalue weighted by atomic mass is 9.98. The van der Waals surface area contributed by atoms with Crippen molar-refractivity contribution in [3.8, 4) is 0 Å². The highest BCUT2D eigenvalue weighted by Gasteiger charge is 2.34. The average molecular weight is 413 g/mol. The van der Waals surface area contributed by atoms with E-state index in [0.717, 1.165) is 18.4 Å². The Balaban J connectivity index is 1.52. The minimum absolute atomic E-state index is 0.125. The molecule has 0 N–H and O–H groups in total. The zero-order chi connectivity index (χ0) is 20.7. The van der Waals surface area contributed by atoms with Gasteiger partial charge in [-0.15, -0.1) is 0 Å². The summed E-state index contributed by atoms with van der Waals surface area (Å²) in [7, 11) is -3.62. The molecule has 0 amide bonds. The van der Waals surface area contributed by atoms with E-state index in [1.54, 1.807) is 30.3 Å². The molecule has 0 bridgehead atoms. The number of carbonyl (C=O) groups is 1. The van der Waals surface area contributed by atoms with E-state index >= 15 is 0 Å². The van der Waals surface area contributed by atoms with E-state index in [0.29, 0.717) is 5.56 Å². The monoisotopic (exact) mass is 412 g/mol. The third kappa shape index (κ3) is 5.16. The van der Waals surface area contributed by atoms with E-state index in [9.17, 15) is 13.2 Å². The number of ketones is 1. The number of unbranched alkanes of at least 4 members (excludes halogenated alkanes) is 9. The first-order valence-corrected chi connectivity index (χ1v) is 12.6. The molecule has 0 fully saturated rings. The van der Waals surface area contributed by atoms with Gasteiger partial charge in [-0.1, -0.05) is 82.9 Å². The van der Waals surface area contributed by atoms with Crippen molar-refractivity contribution in [2.75, 3.05) is 0 Å². The zero-order valence-electron chi connectivity index (χ0n) is 17.5. The van der Waals surface area contributed by atoms with Crippen molar-refractivity contribution in [1.29, 1.82) is 0 Å². The van der Waals surface area contributed by atoms with Crippen molar-refractivity contribution in [3.63, 3.8) is 0 Å². The maximum Gasteiger partial charge on any atom is 0.208 e.